The van der Waals surface area contributed by atoms with Crippen molar-refractivity contribution in [1.82, 2.24) is 4.57 Å². The van der Waals surface area contributed by atoms with E-state index in [9.17, 15) is 0 Å². The quantitative estimate of drug-likeness (QED) is 0.715. The summed E-state index contributed by atoms with van der Waals surface area (Å²) in [6.07, 6.45) is 3.39. The molecule has 2 radical (unpaired) electrons. The molecule has 0 unspecified atom stereocenters. The summed E-state index contributed by atoms with van der Waals surface area (Å²) in [6.45, 7) is 3.34. The van der Waals surface area contributed by atoms with E-state index in [1.165, 1.54) is 45.3 Å². The summed E-state index contributed by atoms with van der Waals surface area (Å²) in [7, 11) is 0. The molecule has 2 rings (SSSR count). The first-order valence-corrected chi connectivity index (χ1v) is 6.33. The molecule has 1 aromatic carbocycles. The molecule has 1 heterocycles. The SMILES string of the molecule is CCCn1ccc2c[c]([Bi])ccc21. The molecule has 1 aromatic heterocycles. The maximum atomic E-state index is 2.33. The van der Waals surface area contributed by atoms with Gasteiger partial charge >= 0.3 is 93.8 Å². The van der Waals surface area contributed by atoms with Gasteiger partial charge in [-0.3, -0.25) is 0 Å². The van der Waals surface area contributed by atoms with Crippen LogP contribution in [0.25, 0.3) is 10.9 Å². The monoisotopic (exact) mass is 367 g/mol. The van der Waals surface area contributed by atoms with E-state index in [0.29, 0.717) is 0 Å². The fourth-order valence-corrected chi connectivity index (χ4v) is 2.45. The number of benzene rings is 1. The Morgan fingerprint density at radius 3 is 2.92 bits per heavy atom. The molecular weight excluding hydrogens is 355 g/mol. The molecule has 0 aliphatic carbocycles. The standard InChI is InChI=1S/C11H12N.Bi/c1-2-8-12-9-7-10-5-3-4-6-11(10)12;/h4-7,9H,2,8H2,1H3;. The van der Waals surface area contributed by atoms with Crippen LogP contribution in [0.3, 0.4) is 0 Å². The predicted molar refractivity (Wildman–Crippen MR) is 57.6 cm³/mol. The van der Waals surface area contributed by atoms with Crippen molar-refractivity contribution in [2.45, 2.75) is 19.9 Å². The average Bonchev–Trinajstić information content (AvgIpc) is 2.49. The van der Waals surface area contributed by atoms with Crippen LogP contribution >= 0.6 is 0 Å². The second-order valence-electron chi connectivity index (χ2n) is 3.25. The normalized spacial score (nSPS) is 10.9. The first kappa shape index (κ1) is 9.21. The average molecular weight is 367 g/mol. The number of rotatable bonds is 2. The van der Waals surface area contributed by atoms with Crippen molar-refractivity contribution < 1.29 is 0 Å². The summed E-state index contributed by atoms with van der Waals surface area (Å²) in [4.78, 5) is 0. The number of aromatic nitrogens is 1. The Hall–Kier alpha value is -0.357. The van der Waals surface area contributed by atoms with Crippen molar-refractivity contribution >= 4 is 38.9 Å². The van der Waals surface area contributed by atoms with Crippen LogP contribution in [-0.2, 0) is 6.54 Å². The Labute approximate surface area is 93.6 Å². The summed E-state index contributed by atoms with van der Waals surface area (Å²) in [5.74, 6) is 0. The molecule has 0 atom stereocenters. The van der Waals surface area contributed by atoms with Gasteiger partial charge < -0.3 is 0 Å². The second kappa shape index (κ2) is 3.79. The summed E-state index contributed by atoms with van der Waals surface area (Å²) < 4.78 is 3.77. The van der Waals surface area contributed by atoms with Gasteiger partial charge in [-0.2, -0.15) is 0 Å². The fraction of sp³-hybridized carbons (Fsp3) is 0.273. The van der Waals surface area contributed by atoms with Gasteiger partial charge in [0.05, 0.1) is 0 Å². The third-order valence-electron chi connectivity index (χ3n) is 2.22. The van der Waals surface area contributed by atoms with Crippen LogP contribution in [0.4, 0.5) is 0 Å². The van der Waals surface area contributed by atoms with E-state index in [2.05, 4.69) is 42.0 Å². The Kier molecular flexibility index (Phi) is 2.69. The van der Waals surface area contributed by atoms with Gasteiger partial charge in [-0.05, 0) is 0 Å². The zero-order valence-electron chi connectivity index (χ0n) is 7.70. The molecule has 0 N–H and O–H groups in total. The molecule has 0 amide bonds. The third-order valence-corrected chi connectivity index (χ3v) is 3.30. The molecule has 0 spiro atoms. The van der Waals surface area contributed by atoms with E-state index in [4.69, 9.17) is 0 Å². The van der Waals surface area contributed by atoms with Crippen molar-refractivity contribution in [3.05, 3.63) is 30.5 Å². The summed E-state index contributed by atoms with van der Waals surface area (Å²) in [5.41, 5.74) is 1.37. The molecule has 2 heteroatoms. The molecule has 0 aliphatic rings. The van der Waals surface area contributed by atoms with Crippen molar-refractivity contribution in [2.24, 2.45) is 0 Å². The number of aryl methyl sites for hydroxylation is 1. The van der Waals surface area contributed by atoms with E-state index in [1.54, 1.807) is 0 Å². The van der Waals surface area contributed by atoms with E-state index in [-0.39, 0.29) is 0 Å². The molecule has 0 aliphatic heterocycles. The minimum absolute atomic E-state index is 1.13. The topological polar surface area (TPSA) is 4.93 Å². The number of hydrogen-bond donors (Lipinski definition) is 0. The Balaban J connectivity index is 2.55. The van der Waals surface area contributed by atoms with Crippen LogP contribution in [0.5, 0.6) is 0 Å². The first-order chi connectivity index (χ1) is 6.31. The van der Waals surface area contributed by atoms with Gasteiger partial charge in [0, 0.05) is 0 Å². The van der Waals surface area contributed by atoms with E-state index >= 15 is 0 Å². The van der Waals surface area contributed by atoms with Crippen molar-refractivity contribution in [3.8, 4) is 0 Å². The van der Waals surface area contributed by atoms with Crippen LogP contribution in [0.1, 0.15) is 13.3 Å². The van der Waals surface area contributed by atoms with Gasteiger partial charge in [-0.15, -0.1) is 0 Å². The zero-order valence-corrected chi connectivity index (χ0v) is 11.2. The van der Waals surface area contributed by atoms with Gasteiger partial charge in [0.25, 0.3) is 0 Å². The molecule has 66 valence electrons. The van der Waals surface area contributed by atoms with E-state index in [0.717, 1.165) is 6.54 Å². The van der Waals surface area contributed by atoms with E-state index in [1.807, 2.05) is 0 Å². The molecule has 0 fully saturated rings. The fourth-order valence-electron chi connectivity index (χ4n) is 1.62. The summed E-state index contributed by atoms with van der Waals surface area (Å²) in [6, 6.07) is 8.96. The van der Waals surface area contributed by atoms with Crippen LogP contribution in [0.15, 0.2) is 30.5 Å². The van der Waals surface area contributed by atoms with Gasteiger partial charge in [-0.25, -0.2) is 0 Å². The molecule has 0 saturated carbocycles. The summed E-state index contributed by atoms with van der Waals surface area (Å²) >= 11 is 1.34. The van der Waals surface area contributed by atoms with E-state index < -0.39 is 0 Å². The van der Waals surface area contributed by atoms with Gasteiger partial charge in [0.15, 0.2) is 0 Å². The molecule has 0 saturated heterocycles. The van der Waals surface area contributed by atoms with Gasteiger partial charge in [0.1, 0.15) is 0 Å². The number of hydrogen-bond acceptors (Lipinski definition) is 0. The molecule has 13 heavy (non-hydrogen) atoms. The zero-order chi connectivity index (χ0) is 9.26. The van der Waals surface area contributed by atoms with Crippen LogP contribution in [-0.4, -0.2) is 29.3 Å². The van der Waals surface area contributed by atoms with Crippen LogP contribution in [0, 0.1) is 0 Å². The maximum absolute atomic E-state index is 2.33. The Morgan fingerprint density at radius 2 is 2.15 bits per heavy atom. The predicted octanol–water partition coefficient (Wildman–Crippen LogP) is 1.85. The van der Waals surface area contributed by atoms with Crippen molar-refractivity contribution in [1.29, 1.82) is 0 Å². The number of fused-ring (bicyclic) bond motifs is 1. The first-order valence-electron chi connectivity index (χ1n) is 4.59. The Morgan fingerprint density at radius 1 is 1.31 bits per heavy atom. The molecule has 2 aromatic rings. The number of nitrogens with zero attached hydrogens (tertiary/aromatic N) is 1. The van der Waals surface area contributed by atoms with Crippen LogP contribution < -0.4 is 3.27 Å². The molecular formula is C11H12BiN. The molecule has 0 bridgehead atoms. The van der Waals surface area contributed by atoms with Crippen LogP contribution in [0.2, 0.25) is 0 Å². The van der Waals surface area contributed by atoms with Crippen molar-refractivity contribution in [2.75, 3.05) is 0 Å². The van der Waals surface area contributed by atoms with Gasteiger partial charge in [-0.1, -0.05) is 0 Å². The van der Waals surface area contributed by atoms with Crippen molar-refractivity contribution in [3.63, 3.8) is 0 Å². The second-order valence-corrected chi connectivity index (χ2v) is 5.26. The minimum atomic E-state index is 1.13. The Bertz CT molecular complexity index is 417. The van der Waals surface area contributed by atoms with Gasteiger partial charge in [0.2, 0.25) is 0 Å². The third kappa shape index (κ3) is 1.78. The summed E-state index contributed by atoms with van der Waals surface area (Å²) in [5, 5.41) is 1.38. The molecule has 1 nitrogen and oxygen atoms in total.